The van der Waals surface area contributed by atoms with Gasteiger partial charge in [0, 0.05) is 18.1 Å². The summed E-state index contributed by atoms with van der Waals surface area (Å²) >= 11 is 0. The molecular weight excluding hydrogens is 208 g/mol. The molecule has 0 radical (unpaired) electrons. The summed E-state index contributed by atoms with van der Waals surface area (Å²) in [7, 11) is 0. The summed E-state index contributed by atoms with van der Waals surface area (Å²) in [6.07, 6.45) is 4.77. The van der Waals surface area contributed by atoms with Crippen molar-refractivity contribution < 1.29 is 0 Å². The average Bonchev–Trinajstić information content (AvgIpc) is 2.32. The number of nitrogens with one attached hydrogen (secondary N) is 1. The fourth-order valence-electron chi connectivity index (χ4n) is 2.80. The second-order valence-electron chi connectivity index (χ2n) is 5.36. The molecule has 1 saturated carbocycles. The van der Waals surface area contributed by atoms with E-state index in [2.05, 4.69) is 43.4 Å². The Morgan fingerprint density at radius 2 is 1.82 bits per heavy atom. The van der Waals surface area contributed by atoms with Gasteiger partial charge in [-0.05, 0) is 50.7 Å². The van der Waals surface area contributed by atoms with Crippen molar-refractivity contribution in [3.8, 4) is 0 Å². The molecule has 1 aromatic carbocycles. The van der Waals surface area contributed by atoms with Crippen LogP contribution in [0.5, 0.6) is 0 Å². The second-order valence-corrected chi connectivity index (χ2v) is 5.36. The number of hydrogen-bond donors (Lipinski definition) is 2. The highest BCUT2D eigenvalue weighted by Crippen LogP contribution is 2.22. The first-order valence-electron chi connectivity index (χ1n) is 6.74. The first kappa shape index (κ1) is 12.6. The summed E-state index contributed by atoms with van der Waals surface area (Å²) in [5.41, 5.74) is 8.73. The van der Waals surface area contributed by atoms with Crippen LogP contribution in [0.15, 0.2) is 24.3 Å². The summed E-state index contributed by atoms with van der Waals surface area (Å²) in [5.74, 6) is 0. The molecule has 17 heavy (non-hydrogen) atoms. The molecule has 0 heterocycles. The molecular formula is C15H24N2. The zero-order valence-electron chi connectivity index (χ0n) is 10.9. The Balaban J connectivity index is 1.93. The van der Waals surface area contributed by atoms with Crippen molar-refractivity contribution in [2.45, 2.75) is 57.7 Å². The largest absolute Gasteiger partial charge is 0.328 e. The van der Waals surface area contributed by atoms with Crippen molar-refractivity contribution in [3.63, 3.8) is 0 Å². The highest BCUT2D eigenvalue weighted by molar-refractivity contribution is 5.28. The Morgan fingerprint density at radius 3 is 2.47 bits per heavy atom. The number of aryl methyl sites for hydroxylation is 1. The van der Waals surface area contributed by atoms with Gasteiger partial charge in [-0.2, -0.15) is 0 Å². The number of nitrogens with two attached hydrogens (primary N) is 1. The van der Waals surface area contributed by atoms with E-state index in [1.54, 1.807) is 0 Å². The van der Waals surface area contributed by atoms with Gasteiger partial charge in [-0.15, -0.1) is 0 Å². The molecule has 3 N–H and O–H groups in total. The summed E-state index contributed by atoms with van der Waals surface area (Å²) < 4.78 is 0. The van der Waals surface area contributed by atoms with Crippen LogP contribution in [0.3, 0.4) is 0 Å². The molecule has 2 heteroatoms. The van der Waals surface area contributed by atoms with E-state index in [0.29, 0.717) is 18.1 Å². The number of benzene rings is 1. The Morgan fingerprint density at radius 1 is 1.18 bits per heavy atom. The van der Waals surface area contributed by atoms with Crippen molar-refractivity contribution in [2.24, 2.45) is 5.73 Å². The van der Waals surface area contributed by atoms with Gasteiger partial charge in [-0.1, -0.05) is 24.3 Å². The van der Waals surface area contributed by atoms with Crippen molar-refractivity contribution >= 4 is 0 Å². The Labute approximate surface area is 105 Å². The monoisotopic (exact) mass is 232 g/mol. The molecule has 1 fully saturated rings. The fraction of sp³-hybridized carbons (Fsp3) is 0.600. The SMILES string of the molecule is Cc1ccccc1[C@H](C)NC1CCC(N)CC1. The molecule has 0 amide bonds. The maximum absolute atomic E-state index is 5.94. The molecule has 0 spiro atoms. The predicted molar refractivity (Wildman–Crippen MR) is 73.0 cm³/mol. The Kier molecular flexibility index (Phi) is 4.19. The molecule has 1 aliphatic carbocycles. The van der Waals surface area contributed by atoms with Crippen LogP contribution >= 0.6 is 0 Å². The predicted octanol–water partition coefficient (Wildman–Crippen LogP) is 2.92. The van der Waals surface area contributed by atoms with Crippen LogP contribution in [0.2, 0.25) is 0 Å². The summed E-state index contributed by atoms with van der Waals surface area (Å²) in [6.45, 7) is 4.45. The van der Waals surface area contributed by atoms with E-state index in [-0.39, 0.29) is 0 Å². The molecule has 0 bridgehead atoms. The van der Waals surface area contributed by atoms with Gasteiger partial charge in [0.2, 0.25) is 0 Å². The number of hydrogen-bond acceptors (Lipinski definition) is 2. The minimum absolute atomic E-state index is 0.432. The Bertz CT molecular complexity index is 354. The molecule has 0 saturated heterocycles. The van der Waals surface area contributed by atoms with Gasteiger partial charge in [0.1, 0.15) is 0 Å². The van der Waals surface area contributed by atoms with Gasteiger partial charge in [0.15, 0.2) is 0 Å². The normalized spacial score (nSPS) is 26.8. The zero-order chi connectivity index (χ0) is 12.3. The van der Waals surface area contributed by atoms with Crippen LogP contribution in [0.1, 0.15) is 49.8 Å². The van der Waals surface area contributed by atoms with Gasteiger partial charge in [-0.3, -0.25) is 0 Å². The first-order valence-corrected chi connectivity index (χ1v) is 6.74. The third kappa shape index (κ3) is 3.30. The van der Waals surface area contributed by atoms with E-state index in [1.165, 1.54) is 24.0 Å². The third-order valence-corrected chi connectivity index (χ3v) is 3.91. The van der Waals surface area contributed by atoms with Crippen LogP contribution in [-0.4, -0.2) is 12.1 Å². The summed E-state index contributed by atoms with van der Waals surface area (Å²) in [5, 5.41) is 3.74. The topological polar surface area (TPSA) is 38.0 Å². The minimum Gasteiger partial charge on any atom is -0.328 e. The minimum atomic E-state index is 0.432. The van der Waals surface area contributed by atoms with Crippen LogP contribution in [0.4, 0.5) is 0 Å². The van der Waals surface area contributed by atoms with E-state index >= 15 is 0 Å². The standard InChI is InChI=1S/C15H24N2/c1-11-5-3-4-6-15(11)12(2)17-14-9-7-13(16)8-10-14/h3-6,12-14,17H,7-10,16H2,1-2H3/t12-,13?,14?/m0/s1. The van der Waals surface area contributed by atoms with E-state index in [4.69, 9.17) is 5.73 Å². The fourth-order valence-corrected chi connectivity index (χ4v) is 2.80. The lowest BCUT2D eigenvalue weighted by atomic mass is 9.90. The van der Waals surface area contributed by atoms with Gasteiger partial charge < -0.3 is 11.1 Å². The quantitative estimate of drug-likeness (QED) is 0.841. The van der Waals surface area contributed by atoms with Gasteiger partial charge in [-0.25, -0.2) is 0 Å². The molecule has 0 aromatic heterocycles. The highest BCUT2D eigenvalue weighted by atomic mass is 14.9. The lowest BCUT2D eigenvalue weighted by molar-refractivity contribution is 0.322. The molecule has 94 valence electrons. The summed E-state index contributed by atoms with van der Waals surface area (Å²) in [6, 6.07) is 10.1. The van der Waals surface area contributed by atoms with Crippen molar-refractivity contribution in [1.82, 2.24) is 5.32 Å². The van der Waals surface area contributed by atoms with Crippen molar-refractivity contribution in [3.05, 3.63) is 35.4 Å². The number of rotatable bonds is 3. The first-order chi connectivity index (χ1) is 8.16. The summed E-state index contributed by atoms with van der Waals surface area (Å²) in [4.78, 5) is 0. The van der Waals surface area contributed by atoms with E-state index < -0.39 is 0 Å². The van der Waals surface area contributed by atoms with E-state index in [0.717, 1.165) is 12.8 Å². The highest BCUT2D eigenvalue weighted by Gasteiger charge is 2.20. The van der Waals surface area contributed by atoms with Gasteiger partial charge in [0.05, 0.1) is 0 Å². The molecule has 2 rings (SSSR count). The van der Waals surface area contributed by atoms with Crippen molar-refractivity contribution in [1.29, 1.82) is 0 Å². The van der Waals surface area contributed by atoms with Crippen LogP contribution in [0, 0.1) is 6.92 Å². The molecule has 1 aromatic rings. The average molecular weight is 232 g/mol. The van der Waals surface area contributed by atoms with Crippen LogP contribution in [0.25, 0.3) is 0 Å². The Hall–Kier alpha value is -0.860. The maximum Gasteiger partial charge on any atom is 0.0296 e. The zero-order valence-corrected chi connectivity index (χ0v) is 10.9. The maximum atomic E-state index is 5.94. The molecule has 0 unspecified atom stereocenters. The lowest BCUT2D eigenvalue weighted by Gasteiger charge is -2.30. The molecule has 1 aliphatic rings. The third-order valence-electron chi connectivity index (χ3n) is 3.91. The van der Waals surface area contributed by atoms with Crippen LogP contribution in [-0.2, 0) is 0 Å². The second kappa shape index (κ2) is 5.65. The lowest BCUT2D eigenvalue weighted by Crippen LogP contribution is -2.38. The van der Waals surface area contributed by atoms with E-state index in [1.807, 2.05) is 0 Å². The van der Waals surface area contributed by atoms with Crippen molar-refractivity contribution in [2.75, 3.05) is 0 Å². The van der Waals surface area contributed by atoms with Gasteiger partial charge >= 0.3 is 0 Å². The molecule has 0 aliphatic heterocycles. The smallest absolute Gasteiger partial charge is 0.0296 e. The molecule has 2 nitrogen and oxygen atoms in total. The van der Waals surface area contributed by atoms with Crippen LogP contribution < -0.4 is 11.1 Å². The molecule has 1 atom stereocenters. The van der Waals surface area contributed by atoms with Gasteiger partial charge in [0.25, 0.3) is 0 Å². The van der Waals surface area contributed by atoms with E-state index in [9.17, 15) is 0 Å².